The highest BCUT2D eigenvalue weighted by molar-refractivity contribution is 6.13. The summed E-state index contributed by atoms with van der Waals surface area (Å²) in [5.41, 5.74) is 0.806. The maximum atomic E-state index is 11.3. The minimum atomic E-state index is -0.204. The first kappa shape index (κ1) is 6.98. The van der Waals surface area contributed by atoms with Gasteiger partial charge in [-0.3, -0.25) is 9.59 Å². The van der Waals surface area contributed by atoms with Crippen molar-refractivity contribution in [1.82, 2.24) is 0 Å². The Bertz CT molecular complexity index is 430. The number of ketones is 1. The van der Waals surface area contributed by atoms with Crippen LogP contribution in [-0.4, -0.2) is 5.78 Å². The molecule has 1 aromatic rings. The number of carbonyl (C=O) groups excluding carboxylic acids is 1. The summed E-state index contributed by atoms with van der Waals surface area (Å²) in [6.45, 7) is 0. The molecule has 58 valence electrons. The van der Waals surface area contributed by atoms with E-state index in [2.05, 4.69) is 0 Å². The Labute approximate surface area is 69.2 Å². The van der Waals surface area contributed by atoms with Gasteiger partial charge in [-0.15, -0.1) is 0 Å². The van der Waals surface area contributed by atoms with Gasteiger partial charge in [-0.25, -0.2) is 0 Å². The van der Waals surface area contributed by atoms with Gasteiger partial charge in [0, 0.05) is 0 Å². The summed E-state index contributed by atoms with van der Waals surface area (Å²) in [5.74, 6) is -0.189. The van der Waals surface area contributed by atoms with Crippen molar-refractivity contribution in [3.8, 4) is 0 Å². The number of carbonyl (C=O) groups is 1. The molecule has 0 bridgehead atoms. The molecular weight excluding hydrogens is 152 g/mol. The van der Waals surface area contributed by atoms with E-state index in [9.17, 15) is 9.59 Å². The van der Waals surface area contributed by atoms with Gasteiger partial charge in [-0.05, 0) is 17.7 Å². The number of fused-ring (bicyclic) bond motifs is 1. The van der Waals surface area contributed by atoms with Crippen molar-refractivity contribution in [2.24, 2.45) is 0 Å². The van der Waals surface area contributed by atoms with E-state index in [4.69, 9.17) is 0 Å². The second-order valence-electron chi connectivity index (χ2n) is 2.61. The molecule has 0 spiro atoms. The van der Waals surface area contributed by atoms with E-state index < -0.39 is 0 Å². The zero-order valence-electron chi connectivity index (χ0n) is 6.28. The second-order valence-corrected chi connectivity index (χ2v) is 2.61. The summed E-state index contributed by atoms with van der Waals surface area (Å²) < 4.78 is 0. The van der Waals surface area contributed by atoms with Gasteiger partial charge < -0.3 is 0 Å². The molecule has 0 atom stereocenters. The van der Waals surface area contributed by atoms with Gasteiger partial charge in [0.15, 0.2) is 11.2 Å². The molecule has 2 nitrogen and oxygen atoms in total. The Hall–Kier alpha value is -1.70. The van der Waals surface area contributed by atoms with Crippen LogP contribution in [0, 0.1) is 0 Å². The highest BCUT2D eigenvalue weighted by atomic mass is 16.1. The molecule has 1 aliphatic rings. The van der Waals surface area contributed by atoms with E-state index in [1.54, 1.807) is 24.3 Å². The van der Waals surface area contributed by atoms with Crippen LogP contribution in [-0.2, 0) is 0 Å². The monoisotopic (exact) mass is 158 g/mol. The smallest absolute Gasteiger partial charge is 0.190 e. The molecule has 0 aromatic heterocycles. The molecule has 1 aromatic carbocycles. The molecule has 12 heavy (non-hydrogen) atoms. The lowest BCUT2D eigenvalue weighted by atomic mass is 10.2. The van der Waals surface area contributed by atoms with Crippen LogP contribution in [0.25, 0.3) is 6.08 Å². The molecular formula is C10H6O2. The van der Waals surface area contributed by atoms with E-state index in [0.29, 0.717) is 5.56 Å². The van der Waals surface area contributed by atoms with Gasteiger partial charge in [0.05, 0.1) is 5.56 Å². The number of hydrogen-bond donors (Lipinski definition) is 0. The maximum Gasteiger partial charge on any atom is 0.190 e. The molecule has 0 N–H and O–H groups in total. The first-order valence-electron chi connectivity index (χ1n) is 3.65. The van der Waals surface area contributed by atoms with Gasteiger partial charge in [-0.2, -0.15) is 0 Å². The highest BCUT2D eigenvalue weighted by Gasteiger charge is 2.14. The summed E-state index contributed by atoms with van der Waals surface area (Å²) >= 11 is 0. The predicted octanol–water partition coefficient (Wildman–Crippen LogP) is 1.26. The SMILES string of the molecule is O=C1C=Cc2ccccc(=O)c21. The third kappa shape index (κ3) is 0.889. The molecule has 0 aliphatic heterocycles. The van der Waals surface area contributed by atoms with Gasteiger partial charge in [0.25, 0.3) is 0 Å². The minimum Gasteiger partial charge on any atom is -0.289 e. The average Bonchev–Trinajstić information content (AvgIpc) is 2.29. The Morgan fingerprint density at radius 3 is 2.50 bits per heavy atom. The number of allylic oxidation sites excluding steroid dienone is 1. The summed E-state index contributed by atoms with van der Waals surface area (Å²) in [6.07, 6.45) is 3.09. The van der Waals surface area contributed by atoms with Crippen molar-refractivity contribution in [3.63, 3.8) is 0 Å². The molecule has 0 radical (unpaired) electrons. The summed E-state index contributed by atoms with van der Waals surface area (Å²) in [7, 11) is 0. The Morgan fingerprint density at radius 1 is 0.917 bits per heavy atom. The van der Waals surface area contributed by atoms with Crippen molar-refractivity contribution in [2.75, 3.05) is 0 Å². The lowest BCUT2D eigenvalue weighted by Gasteiger charge is -1.85. The molecule has 0 amide bonds. The molecule has 0 fully saturated rings. The van der Waals surface area contributed by atoms with Crippen LogP contribution < -0.4 is 5.43 Å². The van der Waals surface area contributed by atoms with Gasteiger partial charge >= 0.3 is 0 Å². The zero-order chi connectivity index (χ0) is 8.55. The Balaban J connectivity index is 2.89. The average molecular weight is 158 g/mol. The van der Waals surface area contributed by atoms with E-state index in [-0.39, 0.29) is 11.2 Å². The van der Waals surface area contributed by atoms with Crippen LogP contribution >= 0.6 is 0 Å². The number of rotatable bonds is 0. The number of hydrogen-bond acceptors (Lipinski definition) is 2. The van der Waals surface area contributed by atoms with E-state index in [1.165, 1.54) is 12.1 Å². The standard InChI is InChI=1S/C10H6O2/c11-8-4-2-1-3-7-5-6-9(12)10(7)8/h1-6H. The maximum absolute atomic E-state index is 11.3. The fourth-order valence-corrected chi connectivity index (χ4v) is 1.26. The summed E-state index contributed by atoms with van der Waals surface area (Å²) in [6, 6.07) is 6.56. The van der Waals surface area contributed by atoms with Crippen molar-refractivity contribution in [1.29, 1.82) is 0 Å². The largest absolute Gasteiger partial charge is 0.289 e. The third-order valence-electron chi connectivity index (χ3n) is 1.83. The van der Waals surface area contributed by atoms with Crippen molar-refractivity contribution in [3.05, 3.63) is 51.7 Å². The molecule has 0 heterocycles. The van der Waals surface area contributed by atoms with Gasteiger partial charge in [0.2, 0.25) is 0 Å². The third-order valence-corrected chi connectivity index (χ3v) is 1.83. The normalized spacial score (nSPS) is 13.2. The van der Waals surface area contributed by atoms with Gasteiger partial charge in [-0.1, -0.05) is 24.3 Å². The zero-order valence-corrected chi connectivity index (χ0v) is 6.28. The topological polar surface area (TPSA) is 34.1 Å². The highest BCUT2D eigenvalue weighted by Crippen LogP contribution is 2.13. The van der Waals surface area contributed by atoms with Crippen LogP contribution in [0.4, 0.5) is 0 Å². The van der Waals surface area contributed by atoms with Crippen molar-refractivity contribution >= 4 is 11.9 Å². The van der Waals surface area contributed by atoms with Gasteiger partial charge in [0.1, 0.15) is 0 Å². The lowest BCUT2D eigenvalue weighted by Crippen LogP contribution is -2.08. The first-order chi connectivity index (χ1) is 5.79. The van der Waals surface area contributed by atoms with Crippen LogP contribution in [0.2, 0.25) is 0 Å². The van der Waals surface area contributed by atoms with Crippen LogP contribution in [0.1, 0.15) is 15.9 Å². The lowest BCUT2D eigenvalue weighted by molar-refractivity contribution is 0.104. The summed E-state index contributed by atoms with van der Waals surface area (Å²) in [4.78, 5) is 22.4. The molecule has 0 unspecified atom stereocenters. The minimum absolute atomic E-state index is 0.189. The molecule has 1 aliphatic carbocycles. The molecule has 0 saturated heterocycles. The fraction of sp³-hybridized carbons (Fsp3) is 0. The van der Waals surface area contributed by atoms with Crippen LogP contribution in [0.3, 0.4) is 0 Å². The molecule has 0 saturated carbocycles. The van der Waals surface area contributed by atoms with Crippen molar-refractivity contribution in [2.45, 2.75) is 0 Å². The summed E-state index contributed by atoms with van der Waals surface area (Å²) in [5, 5.41) is 0. The first-order valence-corrected chi connectivity index (χ1v) is 3.65. The van der Waals surface area contributed by atoms with Crippen molar-refractivity contribution < 1.29 is 4.79 Å². The second kappa shape index (κ2) is 2.41. The molecule has 2 rings (SSSR count). The predicted molar refractivity (Wildman–Crippen MR) is 46.1 cm³/mol. The molecule has 2 heteroatoms. The Morgan fingerprint density at radius 2 is 1.67 bits per heavy atom. The van der Waals surface area contributed by atoms with Crippen LogP contribution in [0.15, 0.2) is 35.1 Å². The van der Waals surface area contributed by atoms with E-state index >= 15 is 0 Å². The van der Waals surface area contributed by atoms with Crippen LogP contribution in [0.5, 0.6) is 0 Å². The van der Waals surface area contributed by atoms with E-state index in [0.717, 1.165) is 5.56 Å². The Kier molecular flexibility index (Phi) is 1.40. The fourth-order valence-electron chi connectivity index (χ4n) is 1.26. The van der Waals surface area contributed by atoms with E-state index in [1.807, 2.05) is 0 Å². The quantitative estimate of drug-likeness (QED) is 0.569.